The maximum atomic E-state index is 12.4. The van der Waals surface area contributed by atoms with Crippen LogP contribution in [0.2, 0.25) is 0 Å². The molecule has 7 nitrogen and oxygen atoms in total. The average molecular weight is 296 g/mol. The third-order valence-corrected chi connectivity index (χ3v) is 4.01. The van der Waals surface area contributed by atoms with Crippen LogP contribution in [0.15, 0.2) is 9.59 Å². The van der Waals surface area contributed by atoms with Crippen LogP contribution in [0.1, 0.15) is 38.6 Å². The number of aromatic nitrogens is 3. The van der Waals surface area contributed by atoms with Crippen molar-refractivity contribution in [2.45, 2.75) is 44.8 Å². The predicted molar refractivity (Wildman–Crippen MR) is 81.0 cm³/mol. The first kappa shape index (κ1) is 15.8. The standard InChI is InChI=1S/C14H24N4O3/c1-5-21-11-8-6-10(7-9-11)18-13(19)15-12(16(2)3)17(4)14(18)20/h10-11H,5-9H2,1-4H3. The molecule has 1 aromatic rings. The molecule has 1 fully saturated rings. The first-order chi connectivity index (χ1) is 9.95. The molecule has 0 spiro atoms. The normalized spacial score (nSPS) is 22.3. The Labute approximate surface area is 124 Å². The predicted octanol–water partition coefficient (Wildman–Crippen LogP) is 0.528. The summed E-state index contributed by atoms with van der Waals surface area (Å²) in [6, 6.07) is -0.0726. The molecule has 0 unspecified atom stereocenters. The molecular formula is C14H24N4O3. The Bertz CT molecular complexity index is 597. The van der Waals surface area contributed by atoms with Crippen LogP contribution in [0.4, 0.5) is 5.95 Å². The Morgan fingerprint density at radius 2 is 1.86 bits per heavy atom. The van der Waals surface area contributed by atoms with Crippen molar-refractivity contribution in [1.29, 1.82) is 0 Å². The first-order valence-electron chi connectivity index (χ1n) is 7.44. The summed E-state index contributed by atoms with van der Waals surface area (Å²) in [5.74, 6) is 0.379. The molecule has 1 aliphatic carbocycles. The van der Waals surface area contributed by atoms with Crippen molar-refractivity contribution in [2.75, 3.05) is 25.6 Å². The molecule has 0 radical (unpaired) electrons. The van der Waals surface area contributed by atoms with E-state index in [1.807, 2.05) is 6.92 Å². The molecule has 21 heavy (non-hydrogen) atoms. The van der Waals surface area contributed by atoms with Crippen LogP contribution in [0.25, 0.3) is 0 Å². The number of anilines is 1. The van der Waals surface area contributed by atoms with Gasteiger partial charge in [0.05, 0.1) is 6.10 Å². The summed E-state index contributed by atoms with van der Waals surface area (Å²) in [6.45, 7) is 2.69. The van der Waals surface area contributed by atoms with Crippen molar-refractivity contribution in [2.24, 2.45) is 7.05 Å². The van der Waals surface area contributed by atoms with Crippen LogP contribution in [0.5, 0.6) is 0 Å². The van der Waals surface area contributed by atoms with Gasteiger partial charge in [0.2, 0.25) is 5.95 Å². The number of rotatable bonds is 4. The Hall–Kier alpha value is -1.63. The molecule has 0 bridgehead atoms. The fourth-order valence-corrected chi connectivity index (χ4v) is 2.96. The zero-order chi connectivity index (χ0) is 15.6. The Kier molecular flexibility index (Phi) is 4.82. The highest BCUT2D eigenvalue weighted by molar-refractivity contribution is 5.25. The molecule has 0 aliphatic heterocycles. The zero-order valence-corrected chi connectivity index (χ0v) is 13.2. The largest absolute Gasteiger partial charge is 0.379 e. The maximum absolute atomic E-state index is 12.4. The van der Waals surface area contributed by atoms with E-state index in [1.54, 1.807) is 26.0 Å². The van der Waals surface area contributed by atoms with E-state index in [0.717, 1.165) is 25.7 Å². The zero-order valence-electron chi connectivity index (χ0n) is 13.2. The van der Waals surface area contributed by atoms with Crippen molar-refractivity contribution in [3.63, 3.8) is 0 Å². The second kappa shape index (κ2) is 6.43. The highest BCUT2D eigenvalue weighted by atomic mass is 16.5. The molecule has 1 saturated carbocycles. The van der Waals surface area contributed by atoms with Crippen LogP contribution in [0, 0.1) is 0 Å². The topological polar surface area (TPSA) is 69.4 Å². The van der Waals surface area contributed by atoms with E-state index in [4.69, 9.17) is 4.74 Å². The molecule has 2 rings (SSSR count). The molecule has 0 saturated heterocycles. The lowest BCUT2D eigenvalue weighted by atomic mass is 9.93. The van der Waals surface area contributed by atoms with Crippen LogP contribution in [0.3, 0.4) is 0 Å². The summed E-state index contributed by atoms with van der Waals surface area (Å²) in [4.78, 5) is 30.3. The van der Waals surface area contributed by atoms with Gasteiger partial charge >= 0.3 is 11.4 Å². The monoisotopic (exact) mass is 296 g/mol. The average Bonchev–Trinajstić information content (AvgIpc) is 2.45. The van der Waals surface area contributed by atoms with Crippen LogP contribution in [-0.4, -0.2) is 40.9 Å². The summed E-state index contributed by atoms with van der Waals surface area (Å²) in [5, 5.41) is 0. The minimum Gasteiger partial charge on any atom is -0.379 e. The van der Waals surface area contributed by atoms with Gasteiger partial charge in [0.1, 0.15) is 0 Å². The summed E-state index contributed by atoms with van der Waals surface area (Å²) in [7, 11) is 5.17. The third-order valence-electron chi connectivity index (χ3n) is 4.01. The van der Waals surface area contributed by atoms with Gasteiger partial charge in [0.25, 0.3) is 0 Å². The van der Waals surface area contributed by atoms with Crippen molar-refractivity contribution < 1.29 is 4.74 Å². The quantitative estimate of drug-likeness (QED) is 0.810. The molecule has 0 N–H and O–H groups in total. The van der Waals surface area contributed by atoms with Gasteiger partial charge in [0.15, 0.2) is 0 Å². The summed E-state index contributed by atoms with van der Waals surface area (Å²) in [5.41, 5.74) is -0.750. The van der Waals surface area contributed by atoms with E-state index in [9.17, 15) is 9.59 Å². The van der Waals surface area contributed by atoms with Crippen LogP contribution < -0.4 is 16.3 Å². The SMILES string of the molecule is CCOC1CCC(n2c(=O)nc(N(C)C)n(C)c2=O)CC1. The van der Waals surface area contributed by atoms with Gasteiger partial charge in [0, 0.05) is 33.8 Å². The number of ether oxygens (including phenoxy) is 1. The fourth-order valence-electron chi connectivity index (χ4n) is 2.96. The Morgan fingerprint density at radius 1 is 1.24 bits per heavy atom. The fraction of sp³-hybridized carbons (Fsp3) is 0.786. The van der Waals surface area contributed by atoms with Crippen molar-refractivity contribution in [3.8, 4) is 0 Å². The van der Waals surface area contributed by atoms with Crippen LogP contribution in [-0.2, 0) is 11.8 Å². The van der Waals surface area contributed by atoms with E-state index >= 15 is 0 Å². The lowest BCUT2D eigenvalue weighted by molar-refractivity contribution is 0.0261. The third kappa shape index (κ3) is 3.18. The van der Waals surface area contributed by atoms with Gasteiger partial charge in [-0.3, -0.25) is 4.57 Å². The smallest absolute Gasteiger partial charge is 0.355 e. The number of nitrogens with zero attached hydrogens (tertiary/aromatic N) is 4. The second-order valence-corrected chi connectivity index (χ2v) is 5.69. The van der Waals surface area contributed by atoms with Crippen LogP contribution >= 0.6 is 0 Å². The Balaban J connectivity index is 2.28. The lowest BCUT2D eigenvalue weighted by Gasteiger charge is -2.29. The molecule has 0 atom stereocenters. The molecule has 0 amide bonds. The van der Waals surface area contributed by atoms with Gasteiger partial charge in [-0.2, -0.15) is 4.98 Å². The highest BCUT2D eigenvalue weighted by Gasteiger charge is 2.26. The molecule has 1 aliphatic rings. The minimum atomic E-state index is -0.457. The lowest BCUT2D eigenvalue weighted by Crippen LogP contribution is -2.45. The van der Waals surface area contributed by atoms with Crippen molar-refractivity contribution in [1.82, 2.24) is 14.1 Å². The summed E-state index contributed by atoms with van der Waals surface area (Å²) < 4.78 is 8.34. The maximum Gasteiger partial charge on any atom is 0.355 e. The molecule has 1 heterocycles. The Morgan fingerprint density at radius 3 is 2.38 bits per heavy atom. The summed E-state index contributed by atoms with van der Waals surface area (Å²) >= 11 is 0. The first-order valence-corrected chi connectivity index (χ1v) is 7.44. The second-order valence-electron chi connectivity index (χ2n) is 5.69. The highest BCUT2D eigenvalue weighted by Crippen LogP contribution is 2.28. The van der Waals surface area contributed by atoms with E-state index in [1.165, 1.54) is 9.13 Å². The van der Waals surface area contributed by atoms with Gasteiger partial charge < -0.3 is 9.64 Å². The molecule has 0 aromatic carbocycles. The van der Waals surface area contributed by atoms with Gasteiger partial charge in [-0.1, -0.05) is 0 Å². The van der Waals surface area contributed by atoms with Crippen molar-refractivity contribution in [3.05, 3.63) is 21.0 Å². The van der Waals surface area contributed by atoms with E-state index in [2.05, 4.69) is 4.98 Å². The molecule has 118 valence electrons. The van der Waals surface area contributed by atoms with Gasteiger partial charge in [-0.05, 0) is 32.6 Å². The van der Waals surface area contributed by atoms with Crippen molar-refractivity contribution >= 4 is 5.95 Å². The number of hydrogen-bond acceptors (Lipinski definition) is 5. The molecular weight excluding hydrogens is 272 g/mol. The minimum absolute atomic E-state index is 0.0726. The van der Waals surface area contributed by atoms with Gasteiger partial charge in [-0.25, -0.2) is 14.2 Å². The number of hydrogen-bond donors (Lipinski definition) is 0. The van der Waals surface area contributed by atoms with E-state index < -0.39 is 5.69 Å². The van der Waals surface area contributed by atoms with E-state index in [0.29, 0.717) is 12.6 Å². The van der Waals surface area contributed by atoms with Gasteiger partial charge in [-0.15, -0.1) is 0 Å². The molecule has 1 aromatic heterocycles. The summed E-state index contributed by atoms with van der Waals surface area (Å²) in [6.07, 6.45) is 3.57. The molecule has 7 heteroatoms. The van der Waals surface area contributed by atoms with E-state index in [-0.39, 0.29) is 17.8 Å².